The predicted molar refractivity (Wildman–Crippen MR) is 83.9 cm³/mol. The molecule has 1 amide bonds. The number of hydrogen-bond acceptors (Lipinski definition) is 3. The molecule has 0 aliphatic heterocycles. The Bertz CT molecular complexity index is 725. The summed E-state index contributed by atoms with van der Waals surface area (Å²) in [4.78, 5) is 12.7. The van der Waals surface area contributed by atoms with Gasteiger partial charge in [-0.25, -0.2) is 0 Å². The highest BCUT2D eigenvalue weighted by Gasteiger charge is 2.28. The van der Waals surface area contributed by atoms with Crippen LogP contribution >= 0.6 is 11.8 Å². The molecule has 0 spiro atoms. The van der Waals surface area contributed by atoms with E-state index in [9.17, 15) is 18.0 Å². The smallest absolute Gasteiger partial charge is 0.321 e. The first kappa shape index (κ1) is 17.4. The molecule has 0 radical (unpaired) electrons. The molecule has 8 heteroatoms. The van der Waals surface area contributed by atoms with Crippen LogP contribution in [0, 0.1) is 13.8 Å². The van der Waals surface area contributed by atoms with Gasteiger partial charge in [-0.1, -0.05) is 6.07 Å². The SMILES string of the molecule is Cc1ccc(SCC(F)(F)F)c(NC(=O)c2cnn(C)c2C)c1. The second kappa shape index (κ2) is 6.66. The van der Waals surface area contributed by atoms with Gasteiger partial charge in [0.25, 0.3) is 5.91 Å². The van der Waals surface area contributed by atoms with Crippen LogP contribution in [0.25, 0.3) is 0 Å². The Labute approximate surface area is 136 Å². The zero-order valence-corrected chi connectivity index (χ0v) is 13.7. The van der Waals surface area contributed by atoms with Crippen molar-refractivity contribution in [3.05, 3.63) is 41.2 Å². The van der Waals surface area contributed by atoms with Crippen molar-refractivity contribution in [2.45, 2.75) is 24.9 Å². The summed E-state index contributed by atoms with van der Waals surface area (Å²) < 4.78 is 38.8. The summed E-state index contributed by atoms with van der Waals surface area (Å²) in [6, 6.07) is 4.95. The molecule has 2 rings (SSSR count). The van der Waals surface area contributed by atoms with Gasteiger partial charge in [0, 0.05) is 17.6 Å². The predicted octanol–water partition coefficient (Wildman–Crippen LogP) is 3.94. The molecule has 0 fully saturated rings. The van der Waals surface area contributed by atoms with Gasteiger partial charge in [0.2, 0.25) is 0 Å². The quantitative estimate of drug-likeness (QED) is 0.855. The lowest BCUT2D eigenvalue weighted by Crippen LogP contribution is -2.15. The molecule has 0 unspecified atom stereocenters. The topological polar surface area (TPSA) is 46.9 Å². The van der Waals surface area contributed by atoms with E-state index in [1.54, 1.807) is 36.9 Å². The van der Waals surface area contributed by atoms with Gasteiger partial charge in [-0.2, -0.15) is 18.3 Å². The van der Waals surface area contributed by atoms with Crippen LogP contribution in [-0.2, 0) is 7.05 Å². The Morgan fingerprint density at radius 1 is 1.35 bits per heavy atom. The Kier molecular flexibility index (Phi) is 5.03. The van der Waals surface area contributed by atoms with Gasteiger partial charge in [0.1, 0.15) is 0 Å². The monoisotopic (exact) mass is 343 g/mol. The van der Waals surface area contributed by atoms with E-state index in [1.165, 1.54) is 6.20 Å². The zero-order valence-electron chi connectivity index (χ0n) is 12.9. The van der Waals surface area contributed by atoms with E-state index in [0.717, 1.165) is 5.56 Å². The van der Waals surface area contributed by atoms with Gasteiger partial charge in [-0.15, -0.1) is 11.8 Å². The van der Waals surface area contributed by atoms with Crippen molar-refractivity contribution in [2.75, 3.05) is 11.1 Å². The van der Waals surface area contributed by atoms with Crippen LogP contribution < -0.4 is 5.32 Å². The molecule has 1 heterocycles. The van der Waals surface area contributed by atoms with Crippen LogP contribution in [0.3, 0.4) is 0 Å². The molecular weight excluding hydrogens is 327 g/mol. The first-order valence-corrected chi connectivity index (χ1v) is 7.76. The summed E-state index contributed by atoms with van der Waals surface area (Å²) in [5, 5.41) is 6.67. The number of carbonyl (C=O) groups is 1. The van der Waals surface area contributed by atoms with Crippen LogP contribution in [0.5, 0.6) is 0 Å². The number of amides is 1. The number of aryl methyl sites for hydroxylation is 2. The van der Waals surface area contributed by atoms with Crippen molar-refractivity contribution >= 4 is 23.4 Å². The third kappa shape index (κ3) is 4.51. The highest BCUT2D eigenvalue weighted by Crippen LogP contribution is 2.33. The molecule has 0 bridgehead atoms. The van der Waals surface area contributed by atoms with Crippen LogP contribution in [-0.4, -0.2) is 27.6 Å². The molecule has 4 nitrogen and oxygen atoms in total. The third-order valence-corrected chi connectivity index (χ3v) is 4.39. The fourth-order valence-electron chi connectivity index (χ4n) is 1.94. The van der Waals surface area contributed by atoms with Gasteiger partial charge in [0.15, 0.2) is 0 Å². The zero-order chi connectivity index (χ0) is 17.2. The van der Waals surface area contributed by atoms with Crippen LogP contribution in [0.15, 0.2) is 29.3 Å². The van der Waals surface area contributed by atoms with Gasteiger partial charge in [0.05, 0.1) is 23.2 Å². The van der Waals surface area contributed by atoms with Crippen molar-refractivity contribution in [3.8, 4) is 0 Å². The highest BCUT2D eigenvalue weighted by atomic mass is 32.2. The summed E-state index contributed by atoms with van der Waals surface area (Å²) in [6.45, 7) is 3.56. The van der Waals surface area contributed by atoms with Crippen molar-refractivity contribution in [1.29, 1.82) is 0 Å². The number of nitrogens with zero attached hydrogens (tertiary/aromatic N) is 2. The van der Waals surface area contributed by atoms with Crippen LogP contribution in [0.2, 0.25) is 0 Å². The van der Waals surface area contributed by atoms with E-state index < -0.39 is 17.8 Å². The molecule has 0 atom stereocenters. The van der Waals surface area contributed by atoms with E-state index >= 15 is 0 Å². The molecule has 1 N–H and O–H groups in total. The highest BCUT2D eigenvalue weighted by molar-refractivity contribution is 7.99. The minimum Gasteiger partial charge on any atom is -0.321 e. The Hall–Kier alpha value is -1.96. The lowest BCUT2D eigenvalue weighted by molar-refractivity contribution is -0.105. The summed E-state index contributed by atoms with van der Waals surface area (Å²) >= 11 is 0.649. The van der Waals surface area contributed by atoms with E-state index in [2.05, 4.69) is 10.4 Å². The first-order chi connectivity index (χ1) is 10.7. The number of rotatable bonds is 4. The van der Waals surface area contributed by atoms with E-state index in [4.69, 9.17) is 0 Å². The van der Waals surface area contributed by atoms with Crippen molar-refractivity contribution < 1.29 is 18.0 Å². The standard InChI is InChI=1S/C15H16F3N3OS/c1-9-4-5-13(23-8-15(16,17)18)12(6-9)20-14(22)11-7-19-21(3)10(11)2/h4-7H,8H2,1-3H3,(H,20,22). The molecule has 0 aliphatic carbocycles. The van der Waals surface area contributed by atoms with Crippen molar-refractivity contribution in [1.82, 2.24) is 9.78 Å². The molecule has 0 saturated carbocycles. The number of aromatic nitrogens is 2. The first-order valence-electron chi connectivity index (χ1n) is 6.77. The number of hydrogen-bond donors (Lipinski definition) is 1. The van der Waals surface area contributed by atoms with Crippen molar-refractivity contribution in [3.63, 3.8) is 0 Å². The maximum absolute atomic E-state index is 12.4. The van der Waals surface area contributed by atoms with E-state index in [0.29, 0.717) is 33.6 Å². The average molecular weight is 343 g/mol. The number of thioether (sulfide) groups is 1. The lowest BCUT2D eigenvalue weighted by atomic mass is 10.2. The molecule has 23 heavy (non-hydrogen) atoms. The Morgan fingerprint density at radius 2 is 2.04 bits per heavy atom. The van der Waals surface area contributed by atoms with Crippen LogP contribution in [0.4, 0.5) is 18.9 Å². The van der Waals surface area contributed by atoms with Gasteiger partial charge in [-0.05, 0) is 31.5 Å². The second-order valence-electron chi connectivity index (χ2n) is 5.12. The molecule has 2 aromatic rings. The molecule has 0 saturated heterocycles. The molecule has 0 aliphatic rings. The normalized spacial score (nSPS) is 11.6. The summed E-state index contributed by atoms with van der Waals surface area (Å²) in [6.07, 6.45) is -2.83. The minimum atomic E-state index is -4.27. The third-order valence-electron chi connectivity index (χ3n) is 3.25. The maximum Gasteiger partial charge on any atom is 0.398 e. The number of alkyl halides is 3. The molecular formula is C15H16F3N3OS. The summed E-state index contributed by atoms with van der Waals surface area (Å²) in [5.41, 5.74) is 2.28. The fraction of sp³-hybridized carbons (Fsp3) is 0.333. The number of anilines is 1. The number of halogens is 3. The van der Waals surface area contributed by atoms with E-state index in [-0.39, 0.29) is 0 Å². The van der Waals surface area contributed by atoms with Gasteiger partial charge >= 0.3 is 6.18 Å². The number of nitrogens with one attached hydrogen (secondary N) is 1. The Morgan fingerprint density at radius 3 is 2.61 bits per heavy atom. The molecule has 1 aromatic carbocycles. The molecule has 124 valence electrons. The molecule has 1 aromatic heterocycles. The Balaban J connectivity index is 2.22. The summed E-state index contributed by atoms with van der Waals surface area (Å²) in [5.74, 6) is -1.40. The van der Waals surface area contributed by atoms with Crippen LogP contribution in [0.1, 0.15) is 21.6 Å². The second-order valence-corrected chi connectivity index (χ2v) is 6.14. The van der Waals surface area contributed by atoms with Gasteiger partial charge < -0.3 is 5.32 Å². The maximum atomic E-state index is 12.4. The number of carbonyl (C=O) groups excluding carboxylic acids is 1. The van der Waals surface area contributed by atoms with E-state index in [1.807, 2.05) is 6.92 Å². The number of benzene rings is 1. The van der Waals surface area contributed by atoms with Crippen molar-refractivity contribution in [2.24, 2.45) is 7.05 Å². The lowest BCUT2D eigenvalue weighted by Gasteiger charge is -2.13. The van der Waals surface area contributed by atoms with Gasteiger partial charge in [-0.3, -0.25) is 9.48 Å². The average Bonchev–Trinajstić information content (AvgIpc) is 2.77. The minimum absolute atomic E-state index is 0.368. The largest absolute Gasteiger partial charge is 0.398 e. The summed E-state index contributed by atoms with van der Waals surface area (Å²) in [7, 11) is 1.71. The fourth-order valence-corrected chi connectivity index (χ4v) is 2.69.